The van der Waals surface area contributed by atoms with Crippen LogP contribution in [-0.4, -0.2) is 25.3 Å². The van der Waals surface area contributed by atoms with Crippen LogP contribution in [0, 0.1) is 5.82 Å². The van der Waals surface area contributed by atoms with Crippen molar-refractivity contribution in [1.29, 1.82) is 0 Å². The summed E-state index contributed by atoms with van der Waals surface area (Å²) in [5.74, 6) is 0.720. The number of benzene rings is 1. The van der Waals surface area contributed by atoms with E-state index < -0.39 is 0 Å². The van der Waals surface area contributed by atoms with Gasteiger partial charge < -0.3 is 10.6 Å². The van der Waals surface area contributed by atoms with E-state index in [-0.39, 0.29) is 17.8 Å². The summed E-state index contributed by atoms with van der Waals surface area (Å²) in [7, 11) is 1.81. The molecule has 1 heterocycles. The lowest BCUT2D eigenvalue weighted by molar-refractivity contribution is -0.121. The maximum Gasteiger partial charge on any atom is 0.221 e. The first kappa shape index (κ1) is 13.4. The number of carbonyl (C=O) groups is 1. The minimum Gasteiger partial charge on any atom is -0.349 e. The van der Waals surface area contributed by atoms with Crippen LogP contribution in [0.4, 0.5) is 4.39 Å². The molecule has 5 heteroatoms. The first-order chi connectivity index (χ1) is 8.70. The predicted octanol–water partition coefficient (Wildman–Crippen LogP) is 2.09. The molecule has 0 saturated carbocycles. The van der Waals surface area contributed by atoms with Crippen molar-refractivity contribution in [2.45, 2.75) is 23.8 Å². The van der Waals surface area contributed by atoms with Crippen LogP contribution in [0.5, 0.6) is 0 Å². The molecule has 2 N–H and O–H groups in total. The Labute approximate surface area is 111 Å². The second-order valence-corrected chi connectivity index (χ2v) is 5.43. The van der Waals surface area contributed by atoms with Gasteiger partial charge in [-0.05, 0) is 37.2 Å². The van der Waals surface area contributed by atoms with Crippen molar-refractivity contribution in [3.63, 3.8) is 0 Å². The van der Waals surface area contributed by atoms with Gasteiger partial charge in [-0.25, -0.2) is 4.39 Å². The van der Waals surface area contributed by atoms with E-state index in [0.717, 1.165) is 22.6 Å². The van der Waals surface area contributed by atoms with Crippen LogP contribution in [0.1, 0.15) is 24.4 Å². The Morgan fingerprint density at radius 3 is 3.17 bits per heavy atom. The Morgan fingerprint density at radius 2 is 2.39 bits per heavy atom. The quantitative estimate of drug-likeness (QED) is 0.878. The number of fused-ring (bicyclic) bond motifs is 1. The van der Waals surface area contributed by atoms with Crippen LogP contribution < -0.4 is 10.6 Å². The average molecular weight is 268 g/mol. The Bertz CT molecular complexity index is 439. The van der Waals surface area contributed by atoms with Gasteiger partial charge in [-0.2, -0.15) is 0 Å². The van der Waals surface area contributed by atoms with Gasteiger partial charge in [-0.1, -0.05) is 0 Å². The van der Waals surface area contributed by atoms with E-state index in [2.05, 4.69) is 10.6 Å². The van der Waals surface area contributed by atoms with Gasteiger partial charge in [-0.3, -0.25) is 4.79 Å². The molecule has 0 bridgehead atoms. The Kier molecular flexibility index (Phi) is 4.60. The van der Waals surface area contributed by atoms with Crippen molar-refractivity contribution in [3.8, 4) is 0 Å². The first-order valence-electron chi connectivity index (χ1n) is 6.07. The summed E-state index contributed by atoms with van der Waals surface area (Å²) in [4.78, 5) is 12.8. The molecule has 98 valence electrons. The fraction of sp³-hybridized carbons (Fsp3) is 0.462. The fourth-order valence-electron chi connectivity index (χ4n) is 2.02. The SMILES string of the molecule is CNCCC(=O)NC1CCSc2ccc(F)cc21. The van der Waals surface area contributed by atoms with Crippen LogP contribution in [0.3, 0.4) is 0 Å². The maximum absolute atomic E-state index is 13.3. The molecular formula is C13H17FN2OS. The van der Waals surface area contributed by atoms with Gasteiger partial charge >= 0.3 is 0 Å². The molecule has 2 rings (SSSR count). The third-order valence-electron chi connectivity index (χ3n) is 2.95. The molecule has 0 aliphatic carbocycles. The lowest BCUT2D eigenvalue weighted by Gasteiger charge is -2.26. The van der Waals surface area contributed by atoms with Crippen LogP contribution in [0.15, 0.2) is 23.1 Å². The van der Waals surface area contributed by atoms with Gasteiger partial charge in [0.1, 0.15) is 5.82 Å². The van der Waals surface area contributed by atoms with Crippen molar-refractivity contribution < 1.29 is 9.18 Å². The minimum absolute atomic E-state index is 0.0106. The number of hydrogen-bond acceptors (Lipinski definition) is 3. The zero-order chi connectivity index (χ0) is 13.0. The zero-order valence-corrected chi connectivity index (χ0v) is 11.1. The average Bonchev–Trinajstić information content (AvgIpc) is 2.37. The Morgan fingerprint density at radius 1 is 1.56 bits per heavy atom. The van der Waals surface area contributed by atoms with Crippen molar-refractivity contribution in [3.05, 3.63) is 29.6 Å². The highest BCUT2D eigenvalue weighted by atomic mass is 32.2. The molecule has 1 aromatic carbocycles. The standard InChI is InChI=1S/C13H17FN2OS/c1-15-6-4-13(17)16-11-5-7-18-12-3-2-9(14)8-10(11)12/h2-3,8,11,15H,4-7H2,1H3,(H,16,17). The normalized spacial score (nSPS) is 18.2. The van der Waals surface area contributed by atoms with E-state index in [9.17, 15) is 9.18 Å². The van der Waals surface area contributed by atoms with E-state index in [1.807, 2.05) is 7.05 Å². The van der Waals surface area contributed by atoms with Crippen LogP contribution in [-0.2, 0) is 4.79 Å². The largest absolute Gasteiger partial charge is 0.349 e. The van der Waals surface area contributed by atoms with E-state index >= 15 is 0 Å². The van der Waals surface area contributed by atoms with E-state index in [1.54, 1.807) is 17.8 Å². The van der Waals surface area contributed by atoms with Gasteiger partial charge in [0.15, 0.2) is 0 Å². The van der Waals surface area contributed by atoms with E-state index in [0.29, 0.717) is 13.0 Å². The van der Waals surface area contributed by atoms with Gasteiger partial charge in [-0.15, -0.1) is 11.8 Å². The Hall–Kier alpha value is -1.07. The van der Waals surface area contributed by atoms with Gasteiger partial charge in [0.25, 0.3) is 0 Å². The number of carbonyl (C=O) groups excluding carboxylic acids is 1. The summed E-state index contributed by atoms with van der Waals surface area (Å²) in [5, 5.41) is 5.92. The molecule has 0 aromatic heterocycles. The lowest BCUT2D eigenvalue weighted by Crippen LogP contribution is -2.32. The molecule has 18 heavy (non-hydrogen) atoms. The molecule has 0 spiro atoms. The summed E-state index contributed by atoms with van der Waals surface area (Å²) in [6, 6.07) is 4.74. The summed E-state index contributed by atoms with van der Waals surface area (Å²) in [5.41, 5.74) is 0.907. The minimum atomic E-state index is -0.245. The van der Waals surface area contributed by atoms with Gasteiger partial charge in [0.2, 0.25) is 5.91 Å². The number of thioether (sulfide) groups is 1. The molecule has 1 aliphatic heterocycles. The van der Waals surface area contributed by atoms with Crippen LogP contribution in [0.2, 0.25) is 0 Å². The van der Waals surface area contributed by atoms with Crippen molar-refractivity contribution >= 4 is 17.7 Å². The highest BCUT2D eigenvalue weighted by Crippen LogP contribution is 2.36. The second kappa shape index (κ2) is 6.20. The number of nitrogens with one attached hydrogen (secondary N) is 2. The third kappa shape index (κ3) is 3.23. The molecule has 0 radical (unpaired) electrons. The molecule has 0 saturated heterocycles. The first-order valence-corrected chi connectivity index (χ1v) is 7.05. The molecule has 1 unspecified atom stereocenters. The van der Waals surface area contributed by atoms with E-state index in [4.69, 9.17) is 0 Å². The van der Waals surface area contributed by atoms with Crippen LogP contribution in [0.25, 0.3) is 0 Å². The highest BCUT2D eigenvalue weighted by Gasteiger charge is 2.22. The van der Waals surface area contributed by atoms with Gasteiger partial charge in [0.05, 0.1) is 6.04 Å². The Balaban J connectivity index is 2.07. The lowest BCUT2D eigenvalue weighted by atomic mass is 10.0. The van der Waals surface area contributed by atoms with Crippen molar-refractivity contribution in [2.75, 3.05) is 19.3 Å². The zero-order valence-electron chi connectivity index (χ0n) is 10.3. The van der Waals surface area contributed by atoms with Crippen molar-refractivity contribution in [2.24, 2.45) is 0 Å². The molecule has 1 aromatic rings. The number of hydrogen-bond donors (Lipinski definition) is 2. The summed E-state index contributed by atoms with van der Waals surface area (Å²) in [6.07, 6.45) is 1.30. The third-order valence-corrected chi connectivity index (χ3v) is 4.07. The molecular weight excluding hydrogens is 251 g/mol. The monoisotopic (exact) mass is 268 g/mol. The highest BCUT2D eigenvalue weighted by molar-refractivity contribution is 7.99. The second-order valence-electron chi connectivity index (χ2n) is 4.29. The van der Waals surface area contributed by atoms with Gasteiger partial charge in [0, 0.05) is 23.6 Å². The van der Waals surface area contributed by atoms with Crippen LogP contribution >= 0.6 is 11.8 Å². The number of rotatable bonds is 4. The van der Waals surface area contributed by atoms with Crippen molar-refractivity contribution in [1.82, 2.24) is 10.6 Å². The van der Waals surface area contributed by atoms with E-state index in [1.165, 1.54) is 12.1 Å². The molecule has 3 nitrogen and oxygen atoms in total. The smallest absolute Gasteiger partial charge is 0.221 e. The number of amides is 1. The summed E-state index contributed by atoms with van der Waals surface area (Å²) < 4.78 is 13.3. The topological polar surface area (TPSA) is 41.1 Å². The fourth-order valence-corrected chi connectivity index (χ4v) is 3.13. The molecule has 1 aliphatic rings. The summed E-state index contributed by atoms with van der Waals surface area (Å²) >= 11 is 1.72. The predicted molar refractivity (Wildman–Crippen MR) is 71.2 cm³/mol. The molecule has 0 fully saturated rings. The summed E-state index contributed by atoms with van der Waals surface area (Å²) in [6.45, 7) is 0.656. The maximum atomic E-state index is 13.3. The molecule has 1 amide bonds. The molecule has 1 atom stereocenters. The number of halogens is 1.